The third-order valence-corrected chi connectivity index (χ3v) is 3.38. The van der Waals surface area contributed by atoms with Crippen molar-refractivity contribution in [1.82, 2.24) is 0 Å². The van der Waals surface area contributed by atoms with Gasteiger partial charge in [-0.1, -0.05) is 6.07 Å². The van der Waals surface area contributed by atoms with E-state index in [2.05, 4.69) is 21.2 Å². The van der Waals surface area contributed by atoms with Crippen molar-refractivity contribution in [3.8, 4) is 6.07 Å². The lowest BCUT2D eigenvalue weighted by atomic mass is 10.1. The number of anilines is 1. The fourth-order valence-electron chi connectivity index (χ4n) is 1.71. The average Bonchev–Trinajstić information content (AvgIpc) is 2.44. The minimum absolute atomic E-state index is 0.347. The Morgan fingerprint density at radius 2 is 2.10 bits per heavy atom. The van der Waals surface area contributed by atoms with Gasteiger partial charge in [0.1, 0.15) is 5.82 Å². The highest BCUT2D eigenvalue weighted by Crippen LogP contribution is 2.24. The molecule has 0 aromatic heterocycles. The van der Waals surface area contributed by atoms with Crippen LogP contribution in [0.15, 0.2) is 40.9 Å². The minimum atomic E-state index is -0.448. The molecule has 2 aromatic carbocycles. The van der Waals surface area contributed by atoms with Crippen LogP contribution in [0.25, 0.3) is 0 Å². The summed E-state index contributed by atoms with van der Waals surface area (Å²) in [5, 5.41) is 11.4. The minimum Gasteiger partial charge on any atom is -0.322 e. The van der Waals surface area contributed by atoms with Crippen LogP contribution < -0.4 is 5.32 Å². The van der Waals surface area contributed by atoms with Crippen LogP contribution in [0.4, 0.5) is 10.1 Å². The summed E-state index contributed by atoms with van der Waals surface area (Å²) in [6.45, 7) is 1.77. The molecule has 5 heteroatoms. The number of nitriles is 1. The van der Waals surface area contributed by atoms with Gasteiger partial charge >= 0.3 is 0 Å². The molecule has 0 saturated carbocycles. The number of hydrogen-bond acceptors (Lipinski definition) is 2. The van der Waals surface area contributed by atoms with Crippen LogP contribution in [0.5, 0.6) is 0 Å². The van der Waals surface area contributed by atoms with Gasteiger partial charge in [-0.3, -0.25) is 4.79 Å². The zero-order valence-corrected chi connectivity index (χ0v) is 12.2. The van der Waals surface area contributed by atoms with Gasteiger partial charge in [0.05, 0.1) is 16.1 Å². The van der Waals surface area contributed by atoms with Gasteiger partial charge in [0.25, 0.3) is 5.91 Å². The number of nitrogens with one attached hydrogen (secondary N) is 1. The molecule has 2 rings (SSSR count). The Morgan fingerprint density at radius 1 is 1.35 bits per heavy atom. The van der Waals surface area contributed by atoms with Crippen molar-refractivity contribution in [2.45, 2.75) is 6.92 Å². The van der Waals surface area contributed by atoms with Crippen molar-refractivity contribution in [1.29, 1.82) is 5.26 Å². The molecule has 1 N–H and O–H groups in total. The first kappa shape index (κ1) is 14.2. The molecular formula is C15H10BrFN2O. The third kappa shape index (κ3) is 3.03. The molecule has 3 nitrogen and oxygen atoms in total. The molecule has 0 saturated heterocycles. The first-order valence-corrected chi connectivity index (χ1v) is 6.57. The number of aryl methyl sites for hydroxylation is 1. The lowest BCUT2D eigenvalue weighted by molar-refractivity contribution is 0.102. The van der Waals surface area contributed by atoms with Crippen molar-refractivity contribution < 1.29 is 9.18 Å². The lowest BCUT2D eigenvalue weighted by Gasteiger charge is -2.09. The van der Waals surface area contributed by atoms with E-state index in [1.54, 1.807) is 31.2 Å². The predicted octanol–water partition coefficient (Wildman–Crippen LogP) is 4.02. The highest BCUT2D eigenvalue weighted by Gasteiger charge is 2.10. The first-order valence-electron chi connectivity index (χ1n) is 5.78. The van der Waals surface area contributed by atoms with Crippen molar-refractivity contribution in [2.75, 3.05) is 5.32 Å². The average molecular weight is 333 g/mol. The van der Waals surface area contributed by atoms with E-state index in [1.165, 1.54) is 12.1 Å². The van der Waals surface area contributed by atoms with Crippen LogP contribution in [-0.4, -0.2) is 5.91 Å². The van der Waals surface area contributed by atoms with Gasteiger partial charge in [0.2, 0.25) is 0 Å². The standard InChI is InChI=1S/C15H10BrFN2O/c1-9-5-12(16)13(17)7-14(9)19-15(20)11-4-2-3-10(6-11)8-18/h2-7H,1H3,(H,19,20). The van der Waals surface area contributed by atoms with Crippen LogP contribution in [0, 0.1) is 24.1 Å². The van der Waals surface area contributed by atoms with Gasteiger partial charge in [0.15, 0.2) is 0 Å². The van der Waals surface area contributed by atoms with Gasteiger partial charge in [-0.05, 0) is 58.7 Å². The van der Waals surface area contributed by atoms with Crippen LogP contribution in [0.3, 0.4) is 0 Å². The van der Waals surface area contributed by atoms with Gasteiger partial charge in [-0.25, -0.2) is 4.39 Å². The molecular weight excluding hydrogens is 323 g/mol. The molecule has 0 fully saturated rings. The topological polar surface area (TPSA) is 52.9 Å². The summed E-state index contributed by atoms with van der Waals surface area (Å²) in [5.41, 5.74) is 1.89. The summed E-state index contributed by atoms with van der Waals surface area (Å²) < 4.78 is 13.8. The molecule has 0 radical (unpaired) electrons. The van der Waals surface area contributed by atoms with Crippen LogP contribution in [-0.2, 0) is 0 Å². The summed E-state index contributed by atoms with van der Waals surface area (Å²) in [7, 11) is 0. The Bertz CT molecular complexity index is 722. The Balaban J connectivity index is 2.28. The zero-order valence-electron chi connectivity index (χ0n) is 10.6. The van der Waals surface area contributed by atoms with E-state index < -0.39 is 5.82 Å². The lowest BCUT2D eigenvalue weighted by Crippen LogP contribution is -2.13. The highest BCUT2D eigenvalue weighted by atomic mass is 79.9. The SMILES string of the molecule is Cc1cc(Br)c(F)cc1NC(=O)c1cccc(C#N)c1. The van der Waals surface area contributed by atoms with E-state index >= 15 is 0 Å². The number of carbonyl (C=O) groups is 1. The smallest absolute Gasteiger partial charge is 0.255 e. The molecule has 1 amide bonds. The number of benzene rings is 2. The Hall–Kier alpha value is -2.19. The van der Waals surface area contributed by atoms with E-state index in [0.717, 1.165) is 5.56 Å². The predicted molar refractivity (Wildman–Crippen MR) is 77.9 cm³/mol. The van der Waals surface area contributed by atoms with Crippen molar-refractivity contribution >= 4 is 27.5 Å². The van der Waals surface area contributed by atoms with Crippen molar-refractivity contribution in [2.24, 2.45) is 0 Å². The fraction of sp³-hybridized carbons (Fsp3) is 0.0667. The van der Waals surface area contributed by atoms with Gasteiger partial charge in [-0.15, -0.1) is 0 Å². The monoisotopic (exact) mass is 332 g/mol. The molecule has 0 bridgehead atoms. The van der Waals surface area contributed by atoms with Crippen LogP contribution in [0.1, 0.15) is 21.5 Å². The van der Waals surface area contributed by atoms with Crippen LogP contribution in [0.2, 0.25) is 0 Å². The van der Waals surface area contributed by atoms with Gasteiger partial charge < -0.3 is 5.32 Å². The normalized spacial score (nSPS) is 9.90. The highest BCUT2D eigenvalue weighted by molar-refractivity contribution is 9.10. The maximum atomic E-state index is 13.5. The third-order valence-electron chi connectivity index (χ3n) is 2.77. The van der Waals surface area contributed by atoms with E-state index in [0.29, 0.717) is 21.3 Å². The molecule has 0 aliphatic rings. The molecule has 20 heavy (non-hydrogen) atoms. The molecule has 0 unspecified atom stereocenters. The summed E-state index contributed by atoms with van der Waals surface area (Å²) >= 11 is 3.09. The summed E-state index contributed by atoms with van der Waals surface area (Å²) in [6.07, 6.45) is 0. The number of hydrogen-bond donors (Lipinski definition) is 1. The molecule has 0 aliphatic heterocycles. The second kappa shape index (κ2) is 5.85. The zero-order chi connectivity index (χ0) is 14.7. The number of carbonyl (C=O) groups excluding carboxylic acids is 1. The summed E-state index contributed by atoms with van der Waals surface area (Å²) in [5.74, 6) is -0.830. The second-order valence-electron chi connectivity index (χ2n) is 4.23. The Morgan fingerprint density at radius 3 is 2.80 bits per heavy atom. The summed E-state index contributed by atoms with van der Waals surface area (Å²) in [4.78, 5) is 12.1. The molecule has 0 aliphatic carbocycles. The van der Waals surface area contributed by atoms with Crippen LogP contribution >= 0.6 is 15.9 Å². The number of rotatable bonds is 2. The van der Waals surface area contributed by atoms with E-state index in [9.17, 15) is 9.18 Å². The van der Waals surface area contributed by atoms with Crippen molar-refractivity contribution in [3.05, 3.63) is 63.4 Å². The van der Waals surface area contributed by atoms with E-state index in [-0.39, 0.29) is 5.91 Å². The Labute approximate surface area is 124 Å². The van der Waals surface area contributed by atoms with Gasteiger partial charge in [0, 0.05) is 11.3 Å². The molecule has 0 heterocycles. The number of halogens is 2. The Kier molecular flexibility index (Phi) is 4.16. The molecule has 0 atom stereocenters. The molecule has 2 aromatic rings. The maximum absolute atomic E-state index is 13.5. The largest absolute Gasteiger partial charge is 0.322 e. The molecule has 0 spiro atoms. The number of amides is 1. The van der Waals surface area contributed by atoms with E-state index in [1.807, 2.05) is 6.07 Å². The fourth-order valence-corrected chi connectivity index (χ4v) is 2.16. The quantitative estimate of drug-likeness (QED) is 0.902. The van der Waals surface area contributed by atoms with Crippen molar-refractivity contribution in [3.63, 3.8) is 0 Å². The maximum Gasteiger partial charge on any atom is 0.255 e. The number of nitrogens with zero attached hydrogens (tertiary/aromatic N) is 1. The van der Waals surface area contributed by atoms with Gasteiger partial charge in [-0.2, -0.15) is 5.26 Å². The summed E-state index contributed by atoms with van der Waals surface area (Å²) in [6, 6.07) is 11.1. The second-order valence-corrected chi connectivity index (χ2v) is 5.08. The molecule has 100 valence electrons. The first-order chi connectivity index (χ1) is 9.51. The van der Waals surface area contributed by atoms with E-state index in [4.69, 9.17) is 5.26 Å².